The van der Waals surface area contributed by atoms with Gasteiger partial charge in [0.15, 0.2) is 0 Å². The minimum Gasteiger partial charge on any atom is -0.344 e. The van der Waals surface area contributed by atoms with Gasteiger partial charge in [0.2, 0.25) is 0 Å². The molecule has 0 aliphatic carbocycles. The molecule has 0 bridgehead atoms. The molecule has 3 heteroatoms. The van der Waals surface area contributed by atoms with Crippen molar-refractivity contribution in [1.82, 2.24) is 9.47 Å². The average molecular weight is 350 g/mol. The van der Waals surface area contributed by atoms with E-state index in [9.17, 15) is 4.39 Å². The van der Waals surface area contributed by atoms with E-state index in [1.54, 1.807) is 12.1 Å². The number of aryl methyl sites for hydroxylation is 3. The Morgan fingerprint density at radius 3 is 2.54 bits per heavy atom. The van der Waals surface area contributed by atoms with Crippen LogP contribution in [0.4, 0.5) is 4.39 Å². The van der Waals surface area contributed by atoms with Crippen molar-refractivity contribution in [2.75, 3.05) is 7.05 Å². The summed E-state index contributed by atoms with van der Waals surface area (Å²) in [6.45, 7) is 7.57. The van der Waals surface area contributed by atoms with Crippen molar-refractivity contribution in [2.45, 2.75) is 52.2 Å². The third-order valence-electron chi connectivity index (χ3n) is 6.13. The van der Waals surface area contributed by atoms with Gasteiger partial charge in [-0.2, -0.15) is 0 Å². The van der Waals surface area contributed by atoms with Gasteiger partial charge in [-0.1, -0.05) is 29.8 Å². The fourth-order valence-corrected chi connectivity index (χ4v) is 4.35. The molecule has 2 aromatic carbocycles. The summed E-state index contributed by atoms with van der Waals surface area (Å²) >= 11 is 0. The standard InChI is InChI=1S/C23H27FN2/c1-15-5-7-18(8-6-15)11-12-26-21-10-9-19(24)14-20(21)23-17(3)25(4)16(2)13-22(23)26/h5-10,14,16-17H,11-13H2,1-4H3. The first-order valence-corrected chi connectivity index (χ1v) is 9.53. The molecule has 0 spiro atoms. The van der Waals surface area contributed by atoms with Crippen LogP contribution in [0.15, 0.2) is 42.5 Å². The van der Waals surface area contributed by atoms with E-state index in [4.69, 9.17) is 0 Å². The van der Waals surface area contributed by atoms with Crippen molar-refractivity contribution in [3.63, 3.8) is 0 Å². The molecule has 0 radical (unpaired) electrons. The van der Waals surface area contributed by atoms with Crippen LogP contribution in [-0.2, 0) is 19.4 Å². The maximum absolute atomic E-state index is 14.0. The summed E-state index contributed by atoms with van der Waals surface area (Å²) in [4.78, 5) is 2.40. The third kappa shape index (κ3) is 2.84. The molecule has 0 saturated heterocycles. The van der Waals surface area contributed by atoms with Gasteiger partial charge in [-0.15, -0.1) is 0 Å². The van der Waals surface area contributed by atoms with Gasteiger partial charge in [-0.05, 0) is 63.6 Å². The van der Waals surface area contributed by atoms with Crippen molar-refractivity contribution in [3.8, 4) is 0 Å². The molecule has 1 aromatic heterocycles. The van der Waals surface area contributed by atoms with Crippen LogP contribution >= 0.6 is 0 Å². The summed E-state index contributed by atoms with van der Waals surface area (Å²) in [6.07, 6.45) is 2.01. The summed E-state index contributed by atoms with van der Waals surface area (Å²) in [5.41, 5.74) is 6.50. The molecular weight excluding hydrogens is 323 g/mol. The fourth-order valence-electron chi connectivity index (χ4n) is 4.35. The SMILES string of the molecule is Cc1ccc(CCn2c3c(c4cc(F)ccc42)C(C)N(C)C(C)C3)cc1. The summed E-state index contributed by atoms with van der Waals surface area (Å²) in [6, 6.07) is 14.8. The van der Waals surface area contributed by atoms with Crippen LogP contribution in [-0.4, -0.2) is 22.6 Å². The zero-order valence-corrected chi connectivity index (χ0v) is 16.1. The maximum Gasteiger partial charge on any atom is 0.123 e. The third-order valence-corrected chi connectivity index (χ3v) is 6.13. The van der Waals surface area contributed by atoms with Gasteiger partial charge in [0, 0.05) is 41.6 Å². The zero-order chi connectivity index (χ0) is 18.4. The normalized spacial score (nSPS) is 20.5. The highest BCUT2D eigenvalue weighted by molar-refractivity contribution is 5.86. The van der Waals surface area contributed by atoms with E-state index >= 15 is 0 Å². The molecule has 4 rings (SSSR count). The topological polar surface area (TPSA) is 8.17 Å². The Morgan fingerprint density at radius 1 is 1.08 bits per heavy atom. The molecule has 2 unspecified atom stereocenters. The molecule has 1 aliphatic heterocycles. The molecule has 26 heavy (non-hydrogen) atoms. The molecule has 1 aliphatic rings. The van der Waals surface area contributed by atoms with E-state index in [0.29, 0.717) is 12.1 Å². The summed E-state index contributed by atoms with van der Waals surface area (Å²) in [7, 11) is 2.17. The Kier molecular flexibility index (Phi) is 4.36. The van der Waals surface area contributed by atoms with Crippen molar-refractivity contribution >= 4 is 10.9 Å². The molecule has 2 atom stereocenters. The summed E-state index contributed by atoms with van der Waals surface area (Å²) in [5, 5.41) is 1.08. The fraction of sp³-hybridized carbons (Fsp3) is 0.391. The van der Waals surface area contributed by atoms with E-state index in [-0.39, 0.29) is 5.82 Å². The Bertz CT molecular complexity index is 939. The first kappa shape index (κ1) is 17.3. The van der Waals surface area contributed by atoms with Crippen molar-refractivity contribution < 1.29 is 4.39 Å². The van der Waals surface area contributed by atoms with Gasteiger partial charge in [-0.3, -0.25) is 4.90 Å². The Hall–Kier alpha value is -2.13. The van der Waals surface area contributed by atoms with Crippen LogP contribution < -0.4 is 0 Å². The van der Waals surface area contributed by atoms with Gasteiger partial charge in [-0.25, -0.2) is 4.39 Å². The van der Waals surface area contributed by atoms with Gasteiger partial charge < -0.3 is 4.57 Å². The molecule has 0 N–H and O–H groups in total. The number of aromatic nitrogens is 1. The van der Waals surface area contributed by atoms with E-state index < -0.39 is 0 Å². The molecule has 136 valence electrons. The average Bonchev–Trinajstić information content (AvgIpc) is 2.92. The number of rotatable bonds is 3. The molecular formula is C23H27FN2. The molecule has 3 aromatic rings. The maximum atomic E-state index is 14.0. The minimum absolute atomic E-state index is 0.149. The molecule has 0 saturated carbocycles. The van der Waals surface area contributed by atoms with E-state index in [2.05, 4.69) is 61.6 Å². The zero-order valence-electron chi connectivity index (χ0n) is 16.1. The lowest BCUT2D eigenvalue weighted by Gasteiger charge is -2.36. The smallest absolute Gasteiger partial charge is 0.123 e. The predicted octanol–water partition coefficient (Wildman–Crippen LogP) is 5.27. The number of halogens is 1. The van der Waals surface area contributed by atoms with Crippen molar-refractivity contribution in [2.24, 2.45) is 0 Å². The highest BCUT2D eigenvalue weighted by Crippen LogP contribution is 2.39. The number of likely N-dealkylation sites (N-methyl/N-ethyl adjacent to an activating group) is 1. The number of fused-ring (bicyclic) bond motifs is 3. The lowest BCUT2D eigenvalue weighted by atomic mass is 9.93. The van der Waals surface area contributed by atoms with E-state index in [1.165, 1.54) is 22.4 Å². The monoisotopic (exact) mass is 350 g/mol. The second-order valence-electron chi connectivity index (χ2n) is 7.80. The van der Waals surface area contributed by atoms with Crippen molar-refractivity contribution in [1.29, 1.82) is 0 Å². The lowest BCUT2D eigenvalue weighted by molar-refractivity contribution is 0.177. The molecule has 0 amide bonds. The largest absolute Gasteiger partial charge is 0.344 e. The summed E-state index contributed by atoms with van der Waals surface area (Å²) in [5.74, 6) is -0.149. The number of hydrogen-bond donors (Lipinski definition) is 0. The first-order valence-electron chi connectivity index (χ1n) is 9.53. The first-order chi connectivity index (χ1) is 12.5. The van der Waals surface area contributed by atoms with Crippen molar-refractivity contribution in [3.05, 3.63) is 70.7 Å². The van der Waals surface area contributed by atoms with Gasteiger partial charge in [0.25, 0.3) is 0 Å². The lowest BCUT2D eigenvalue weighted by Crippen LogP contribution is -2.38. The van der Waals surface area contributed by atoms with E-state index in [0.717, 1.165) is 30.3 Å². The molecule has 0 fully saturated rings. The number of nitrogens with zero attached hydrogens (tertiary/aromatic N) is 2. The molecule has 2 heterocycles. The predicted molar refractivity (Wildman–Crippen MR) is 106 cm³/mol. The number of benzene rings is 2. The quantitative estimate of drug-likeness (QED) is 0.625. The van der Waals surface area contributed by atoms with Gasteiger partial charge in [0.05, 0.1) is 0 Å². The van der Waals surface area contributed by atoms with Crippen LogP contribution in [0.1, 0.15) is 42.3 Å². The Morgan fingerprint density at radius 2 is 1.81 bits per heavy atom. The highest BCUT2D eigenvalue weighted by atomic mass is 19.1. The van der Waals surface area contributed by atoms with Crippen LogP contribution in [0.5, 0.6) is 0 Å². The van der Waals surface area contributed by atoms with E-state index in [1.807, 2.05) is 6.07 Å². The second-order valence-corrected chi connectivity index (χ2v) is 7.80. The van der Waals surface area contributed by atoms with Crippen LogP contribution in [0.3, 0.4) is 0 Å². The minimum atomic E-state index is -0.149. The summed E-state index contributed by atoms with van der Waals surface area (Å²) < 4.78 is 16.4. The highest BCUT2D eigenvalue weighted by Gasteiger charge is 2.31. The van der Waals surface area contributed by atoms with Crippen LogP contribution in [0.25, 0.3) is 10.9 Å². The van der Waals surface area contributed by atoms with Crippen LogP contribution in [0.2, 0.25) is 0 Å². The van der Waals surface area contributed by atoms with Gasteiger partial charge in [0.1, 0.15) is 5.82 Å². The second kappa shape index (κ2) is 6.55. The Labute approximate surface area is 155 Å². The van der Waals surface area contributed by atoms with Gasteiger partial charge >= 0.3 is 0 Å². The molecule has 2 nitrogen and oxygen atoms in total. The van der Waals surface area contributed by atoms with Crippen LogP contribution in [0, 0.1) is 12.7 Å². The Balaban J connectivity index is 1.79. The number of hydrogen-bond acceptors (Lipinski definition) is 1.